The molecule has 492 valence electrons. The van der Waals surface area contributed by atoms with Gasteiger partial charge in [-0.05, 0) is 186 Å². The zero-order valence-electron chi connectivity index (χ0n) is 56.6. The number of aryl methyl sites for hydroxylation is 15. The second-order valence-electron chi connectivity index (χ2n) is 24.9. The standard InChI is InChI=1S/C28H32N.C25H26N.C23H22N.3BF3.3FH/c1-17-9-11-22-24(15-17)29(8)25-16-21(28(5,6)7)10-12-23(25)27(22)26-19(3)13-18(2)14-20(26)4;1-15-7-9-22-20(13-15)25(24-18(4)11-17(3)12-19(24)5)21-14-16(2)8-10-23(21)26(22)6;1-15-13-16(2)22(17(3)14-15)23-18-9-5-7-11-20(18)24(4)21-12-8-6-10-19(21)23;3*2-1(3)4;;;/h9-16H,1-8H3;7-14H,1-6H3;5-14H,1-4H3;;;;3*1H/q3*+1;;;;;;/p-3. The van der Waals surface area contributed by atoms with Crippen LogP contribution in [-0.2, 0) is 26.6 Å². The maximum Gasteiger partial charge on any atom is 0.762 e. The first-order valence-electron chi connectivity index (χ1n) is 30.2. The van der Waals surface area contributed by atoms with E-state index in [-0.39, 0.29) is 19.5 Å². The minimum atomic E-state index is -3.67. The summed E-state index contributed by atoms with van der Waals surface area (Å²) >= 11 is 0. The normalized spacial score (nSPS) is 10.7. The molecule has 0 spiro atoms. The predicted molar refractivity (Wildman–Crippen MR) is 367 cm³/mol. The van der Waals surface area contributed by atoms with Crippen LogP contribution in [0, 0.1) is 83.1 Å². The summed E-state index contributed by atoms with van der Waals surface area (Å²) < 4.78 is 94.0. The molecule has 0 aliphatic rings. The van der Waals surface area contributed by atoms with Gasteiger partial charge in [-0.25, -0.2) is 0 Å². The SMILES string of the molecule is Cc1cc(C)c(-c2c3cc(C)ccc3[n+](C)c3ccc(C)cc23)c(C)c1.Cc1cc(C)c(-c2c3ccc(C)cc3[n+](C)c3cc(C(C)(C)C)ccc23)c(C)c1.Cc1cc(C)c(-c2c3ccccc3[n+](C)c3ccccc23)c(C)c1.FB(F)F.FB(F)F.FB(F)F.[F-].[F-].[F-]. The fourth-order valence-electron chi connectivity index (χ4n) is 13.2. The quantitative estimate of drug-likeness (QED) is 0.0723. The highest BCUT2D eigenvalue weighted by Gasteiger charge is 2.26. The van der Waals surface area contributed by atoms with Crippen LogP contribution in [0.15, 0.2) is 158 Å². The van der Waals surface area contributed by atoms with Gasteiger partial charge in [0.25, 0.3) is 0 Å². The van der Waals surface area contributed by atoms with Gasteiger partial charge in [0.2, 0.25) is 33.1 Å². The lowest BCUT2D eigenvalue weighted by molar-refractivity contribution is -0.617. The minimum absolute atomic E-state index is 0. The molecular formula is C76H80B3F12N3. The Kier molecular flexibility index (Phi) is 26.9. The fourth-order valence-corrected chi connectivity index (χ4v) is 13.2. The van der Waals surface area contributed by atoms with E-state index in [0.29, 0.717) is 0 Å². The molecule has 0 aliphatic carbocycles. The van der Waals surface area contributed by atoms with Crippen LogP contribution >= 0.6 is 0 Å². The van der Waals surface area contributed by atoms with Crippen molar-refractivity contribution in [2.45, 2.75) is 109 Å². The van der Waals surface area contributed by atoms with E-state index in [1.165, 1.54) is 171 Å². The lowest BCUT2D eigenvalue weighted by Gasteiger charge is -2.20. The van der Waals surface area contributed by atoms with Gasteiger partial charge in [0.1, 0.15) is 21.1 Å². The molecule has 0 saturated carbocycles. The van der Waals surface area contributed by atoms with Crippen LogP contribution in [0.4, 0.5) is 38.8 Å². The second kappa shape index (κ2) is 32.5. The van der Waals surface area contributed by atoms with Crippen LogP contribution in [0.25, 0.3) is 98.8 Å². The van der Waals surface area contributed by atoms with Crippen LogP contribution in [0.1, 0.15) is 93.1 Å². The number of rotatable bonds is 3. The first kappa shape index (κ1) is 77.8. The highest BCUT2D eigenvalue weighted by molar-refractivity contribution is 6.33. The number of fused-ring (bicyclic) bond motifs is 6. The maximum atomic E-state index is 9.67. The van der Waals surface area contributed by atoms with Gasteiger partial charge in [-0.15, -0.1) is 0 Å². The summed E-state index contributed by atoms with van der Waals surface area (Å²) in [6.07, 6.45) is 0. The average molecular weight is 1300 g/mol. The number of aromatic nitrogens is 3. The van der Waals surface area contributed by atoms with Crippen molar-refractivity contribution >= 4 is 88.0 Å². The van der Waals surface area contributed by atoms with Crippen molar-refractivity contribution in [3.05, 3.63) is 230 Å². The van der Waals surface area contributed by atoms with Crippen LogP contribution in [-0.4, -0.2) is 22.6 Å². The summed E-state index contributed by atoms with van der Waals surface area (Å²) in [5.74, 6) is 0. The topological polar surface area (TPSA) is 11.6 Å². The van der Waals surface area contributed by atoms with Crippen molar-refractivity contribution in [2.24, 2.45) is 21.1 Å². The highest BCUT2D eigenvalue weighted by atomic mass is 19.4. The first-order valence-corrected chi connectivity index (χ1v) is 30.2. The maximum absolute atomic E-state index is 9.67. The number of para-hydroxylation sites is 2. The van der Waals surface area contributed by atoms with Crippen molar-refractivity contribution in [3.63, 3.8) is 0 Å². The third-order valence-corrected chi connectivity index (χ3v) is 16.7. The van der Waals surface area contributed by atoms with E-state index in [0.717, 1.165) is 0 Å². The van der Waals surface area contributed by atoms with Crippen molar-refractivity contribution in [1.29, 1.82) is 0 Å². The smallest absolute Gasteiger partial charge is 0.762 e. The summed E-state index contributed by atoms with van der Waals surface area (Å²) in [5.41, 5.74) is 33.3. The lowest BCUT2D eigenvalue weighted by atomic mass is 9.84. The third kappa shape index (κ3) is 17.6. The van der Waals surface area contributed by atoms with Gasteiger partial charge >= 0.3 is 22.6 Å². The zero-order valence-corrected chi connectivity index (χ0v) is 56.6. The molecule has 0 bridgehead atoms. The van der Waals surface area contributed by atoms with E-state index < -0.39 is 22.6 Å². The van der Waals surface area contributed by atoms with Gasteiger partial charge in [0, 0.05) is 53.1 Å². The van der Waals surface area contributed by atoms with Gasteiger partial charge in [0.05, 0.1) is 32.3 Å². The zero-order chi connectivity index (χ0) is 67.2. The molecule has 9 aromatic carbocycles. The number of nitrogens with zero attached hydrogens (tertiary/aromatic N) is 3. The van der Waals surface area contributed by atoms with Crippen molar-refractivity contribution in [3.8, 4) is 33.4 Å². The fraction of sp³-hybridized carbons (Fsp3) is 0.250. The Bertz CT molecular complexity index is 4470. The van der Waals surface area contributed by atoms with E-state index in [2.05, 4.69) is 296 Å². The summed E-state index contributed by atoms with van der Waals surface area (Å²) in [6, 6.07) is 58.7. The number of pyridine rings is 3. The number of halogens is 12. The molecule has 0 unspecified atom stereocenters. The molecule has 18 heteroatoms. The molecule has 3 heterocycles. The molecule has 12 aromatic rings. The Morgan fingerprint density at radius 1 is 0.255 bits per heavy atom. The van der Waals surface area contributed by atoms with E-state index in [4.69, 9.17) is 0 Å². The van der Waals surface area contributed by atoms with Crippen LogP contribution in [0.3, 0.4) is 0 Å². The van der Waals surface area contributed by atoms with Crippen LogP contribution in [0.5, 0.6) is 0 Å². The largest absolute Gasteiger partial charge is 1.00 e. The van der Waals surface area contributed by atoms with Gasteiger partial charge in [-0.2, -0.15) is 13.7 Å². The van der Waals surface area contributed by atoms with Gasteiger partial charge < -0.3 is 14.1 Å². The Balaban J connectivity index is 0.000000272. The van der Waals surface area contributed by atoms with E-state index >= 15 is 0 Å². The number of benzene rings is 9. The van der Waals surface area contributed by atoms with E-state index in [1.54, 1.807) is 0 Å². The number of hydrogen-bond acceptors (Lipinski definition) is 0. The second-order valence-corrected chi connectivity index (χ2v) is 24.9. The summed E-state index contributed by atoms with van der Waals surface area (Å²) in [7, 11) is -4.47. The number of hydrogen-bond donors (Lipinski definition) is 0. The first-order chi connectivity index (χ1) is 42.7. The van der Waals surface area contributed by atoms with Crippen LogP contribution in [0.2, 0.25) is 0 Å². The van der Waals surface area contributed by atoms with Crippen molar-refractivity contribution < 1.29 is 66.7 Å². The monoisotopic (exact) mass is 1300 g/mol. The molecule has 3 aromatic heterocycles. The van der Waals surface area contributed by atoms with E-state index in [9.17, 15) is 38.8 Å². The molecule has 0 amide bonds. The van der Waals surface area contributed by atoms with Crippen molar-refractivity contribution in [2.75, 3.05) is 0 Å². The molecule has 0 fully saturated rings. The van der Waals surface area contributed by atoms with Crippen molar-refractivity contribution in [1.82, 2.24) is 0 Å². The Morgan fingerprint density at radius 2 is 0.500 bits per heavy atom. The molecule has 3 nitrogen and oxygen atoms in total. The highest BCUT2D eigenvalue weighted by Crippen LogP contribution is 2.42. The van der Waals surface area contributed by atoms with Gasteiger partial charge in [-0.3, -0.25) is 38.8 Å². The summed E-state index contributed by atoms with van der Waals surface area (Å²) in [5, 5.41) is 7.94. The molecule has 0 aliphatic heterocycles. The predicted octanol–water partition coefficient (Wildman–Crippen LogP) is 12.1. The molecular weight excluding hydrogens is 1220 g/mol. The molecule has 0 saturated heterocycles. The van der Waals surface area contributed by atoms with E-state index in [1.807, 2.05) is 0 Å². The summed E-state index contributed by atoms with van der Waals surface area (Å²) in [4.78, 5) is 0. The third-order valence-electron chi connectivity index (χ3n) is 16.7. The molecule has 12 rings (SSSR count). The molecule has 0 radical (unpaired) electrons. The van der Waals surface area contributed by atoms with Gasteiger partial charge in [-0.1, -0.05) is 134 Å². The molecule has 94 heavy (non-hydrogen) atoms. The molecule has 0 atom stereocenters. The average Bonchev–Trinajstić information content (AvgIpc) is 0.752. The lowest BCUT2D eigenvalue weighted by Crippen LogP contribution is -3.00. The Morgan fingerprint density at radius 3 is 0.830 bits per heavy atom. The summed E-state index contributed by atoms with van der Waals surface area (Å²) in [6.45, 7) is 33.4. The Hall–Kier alpha value is -8.66. The Labute approximate surface area is 546 Å². The van der Waals surface area contributed by atoms with Gasteiger partial charge in [0.15, 0.2) is 0 Å². The molecule has 0 N–H and O–H groups in total. The minimum Gasteiger partial charge on any atom is -1.00 e. The van der Waals surface area contributed by atoms with Crippen LogP contribution < -0.4 is 27.8 Å².